The average Bonchev–Trinajstić information content (AvgIpc) is 2.67. The van der Waals surface area contributed by atoms with Crippen molar-refractivity contribution in [3.8, 4) is 5.75 Å². The number of carbonyl (C=O) groups excluding carboxylic acids is 3. The first-order valence-corrected chi connectivity index (χ1v) is 8.66. The molecule has 0 fully saturated rings. The number of carbonyl (C=O) groups is 3. The lowest BCUT2D eigenvalue weighted by Crippen LogP contribution is -2.44. The molecular weight excluding hydrogens is 367 g/mol. The maximum atomic E-state index is 13.0. The van der Waals surface area contributed by atoms with E-state index in [4.69, 9.17) is 9.47 Å². The number of benzene rings is 2. The Morgan fingerprint density at radius 2 is 1.75 bits per heavy atom. The third kappa shape index (κ3) is 6.08. The molecule has 0 saturated carbocycles. The van der Waals surface area contributed by atoms with Gasteiger partial charge in [0.05, 0.1) is 0 Å². The Labute approximate surface area is 161 Å². The Kier molecular flexibility index (Phi) is 7.50. The van der Waals surface area contributed by atoms with Crippen LogP contribution >= 0.6 is 0 Å². The number of para-hydroxylation sites is 1. The SMILES string of the molecule is CCNC(=O)NC(=O)C(C)OC(=O)c1ccccc1OCc1ccc(F)cc1. The van der Waals surface area contributed by atoms with Crippen LogP contribution in [0.2, 0.25) is 0 Å². The van der Waals surface area contributed by atoms with E-state index >= 15 is 0 Å². The molecule has 0 aliphatic heterocycles. The van der Waals surface area contributed by atoms with Crippen LogP contribution in [0.25, 0.3) is 0 Å². The van der Waals surface area contributed by atoms with Crippen molar-refractivity contribution in [3.63, 3.8) is 0 Å². The zero-order valence-electron chi connectivity index (χ0n) is 15.5. The van der Waals surface area contributed by atoms with Gasteiger partial charge < -0.3 is 14.8 Å². The summed E-state index contributed by atoms with van der Waals surface area (Å²) in [5.74, 6) is -1.61. The molecule has 0 saturated heterocycles. The molecule has 0 spiro atoms. The molecular formula is C20H21FN2O5. The third-order valence-electron chi connectivity index (χ3n) is 3.64. The molecule has 2 aromatic rings. The predicted octanol–water partition coefficient (Wildman–Crippen LogP) is 2.80. The lowest BCUT2D eigenvalue weighted by molar-refractivity contribution is -0.127. The van der Waals surface area contributed by atoms with Crippen LogP contribution in [0, 0.1) is 5.82 Å². The summed E-state index contributed by atoms with van der Waals surface area (Å²) in [5.41, 5.74) is 0.849. The van der Waals surface area contributed by atoms with Crippen molar-refractivity contribution in [1.82, 2.24) is 10.6 Å². The van der Waals surface area contributed by atoms with Crippen LogP contribution in [0.15, 0.2) is 48.5 Å². The number of hydrogen-bond acceptors (Lipinski definition) is 5. The molecule has 7 nitrogen and oxygen atoms in total. The Hall–Kier alpha value is -3.42. The highest BCUT2D eigenvalue weighted by Gasteiger charge is 2.22. The molecule has 0 bridgehead atoms. The van der Waals surface area contributed by atoms with Gasteiger partial charge in [0.25, 0.3) is 5.91 Å². The minimum absolute atomic E-state index is 0.123. The van der Waals surface area contributed by atoms with Gasteiger partial charge in [-0.05, 0) is 43.7 Å². The topological polar surface area (TPSA) is 93.7 Å². The van der Waals surface area contributed by atoms with Crippen molar-refractivity contribution >= 4 is 17.9 Å². The fraction of sp³-hybridized carbons (Fsp3) is 0.250. The summed E-state index contributed by atoms with van der Waals surface area (Å²) in [6.45, 7) is 3.54. The first kappa shape index (κ1) is 20.9. The minimum Gasteiger partial charge on any atom is -0.488 e. The summed E-state index contributed by atoms with van der Waals surface area (Å²) in [6, 6.07) is 11.5. The molecule has 8 heteroatoms. The van der Waals surface area contributed by atoms with Crippen molar-refractivity contribution in [3.05, 3.63) is 65.5 Å². The van der Waals surface area contributed by atoms with E-state index in [1.165, 1.54) is 25.1 Å². The van der Waals surface area contributed by atoms with E-state index in [-0.39, 0.29) is 23.7 Å². The quantitative estimate of drug-likeness (QED) is 0.712. The molecule has 0 heterocycles. The van der Waals surface area contributed by atoms with E-state index in [9.17, 15) is 18.8 Å². The van der Waals surface area contributed by atoms with Crippen LogP contribution in [0.3, 0.4) is 0 Å². The van der Waals surface area contributed by atoms with E-state index in [2.05, 4.69) is 10.6 Å². The van der Waals surface area contributed by atoms with Crippen LogP contribution < -0.4 is 15.4 Å². The highest BCUT2D eigenvalue weighted by molar-refractivity contribution is 5.99. The summed E-state index contributed by atoms with van der Waals surface area (Å²) >= 11 is 0. The Morgan fingerprint density at radius 3 is 2.43 bits per heavy atom. The van der Waals surface area contributed by atoms with Crippen LogP contribution in [0.1, 0.15) is 29.8 Å². The highest BCUT2D eigenvalue weighted by atomic mass is 19.1. The first-order chi connectivity index (χ1) is 13.4. The first-order valence-electron chi connectivity index (χ1n) is 8.66. The summed E-state index contributed by atoms with van der Waals surface area (Å²) < 4.78 is 23.7. The second kappa shape index (κ2) is 10.1. The molecule has 2 rings (SSSR count). The average molecular weight is 388 g/mol. The zero-order chi connectivity index (χ0) is 20.5. The highest BCUT2D eigenvalue weighted by Crippen LogP contribution is 2.21. The van der Waals surface area contributed by atoms with Crippen molar-refractivity contribution in [2.75, 3.05) is 6.54 Å². The Bertz CT molecular complexity index is 839. The fourth-order valence-electron chi connectivity index (χ4n) is 2.20. The maximum absolute atomic E-state index is 13.0. The second-order valence-corrected chi connectivity index (χ2v) is 5.81. The van der Waals surface area contributed by atoms with Crippen LogP contribution in [-0.4, -0.2) is 30.6 Å². The van der Waals surface area contributed by atoms with Gasteiger partial charge >= 0.3 is 12.0 Å². The number of hydrogen-bond donors (Lipinski definition) is 2. The number of esters is 1. The Morgan fingerprint density at radius 1 is 1.07 bits per heavy atom. The smallest absolute Gasteiger partial charge is 0.342 e. The van der Waals surface area contributed by atoms with Crippen molar-refractivity contribution in [2.24, 2.45) is 0 Å². The van der Waals surface area contributed by atoms with Crippen molar-refractivity contribution in [1.29, 1.82) is 0 Å². The number of ether oxygens (including phenoxy) is 2. The molecule has 0 aliphatic rings. The maximum Gasteiger partial charge on any atom is 0.342 e. The number of imide groups is 1. The van der Waals surface area contributed by atoms with Gasteiger partial charge in [-0.25, -0.2) is 14.0 Å². The lowest BCUT2D eigenvalue weighted by Gasteiger charge is -2.15. The van der Waals surface area contributed by atoms with Gasteiger partial charge in [-0.15, -0.1) is 0 Å². The van der Waals surface area contributed by atoms with Crippen molar-refractivity contribution in [2.45, 2.75) is 26.6 Å². The molecule has 2 aromatic carbocycles. The largest absolute Gasteiger partial charge is 0.488 e. The molecule has 1 atom stereocenters. The van der Waals surface area contributed by atoms with E-state index in [0.29, 0.717) is 6.54 Å². The van der Waals surface area contributed by atoms with Gasteiger partial charge in [0, 0.05) is 6.54 Å². The third-order valence-corrected chi connectivity index (χ3v) is 3.64. The Balaban J connectivity index is 2.00. The summed E-state index contributed by atoms with van der Waals surface area (Å²) in [7, 11) is 0. The predicted molar refractivity (Wildman–Crippen MR) is 99.3 cm³/mol. The number of urea groups is 1. The molecule has 1 unspecified atom stereocenters. The lowest BCUT2D eigenvalue weighted by atomic mass is 10.2. The van der Waals surface area contributed by atoms with Gasteiger partial charge in [-0.2, -0.15) is 0 Å². The van der Waals surface area contributed by atoms with E-state index < -0.39 is 24.0 Å². The monoisotopic (exact) mass is 388 g/mol. The normalized spacial score (nSPS) is 11.2. The number of rotatable bonds is 7. The van der Waals surface area contributed by atoms with Crippen molar-refractivity contribution < 1.29 is 28.2 Å². The molecule has 0 aromatic heterocycles. The standard InChI is InChI=1S/C20H21FN2O5/c1-3-22-20(26)23-18(24)13(2)28-19(25)16-6-4-5-7-17(16)27-12-14-8-10-15(21)11-9-14/h4-11,13H,3,12H2,1-2H3,(H2,22,23,24,26). The molecule has 0 radical (unpaired) electrons. The van der Waals surface area contributed by atoms with Gasteiger partial charge in [0.15, 0.2) is 6.10 Å². The second-order valence-electron chi connectivity index (χ2n) is 5.81. The van der Waals surface area contributed by atoms with Gasteiger partial charge in [-0.1, -0.05) is 24.3 Å². The van der Waals surface area contributed by atoms with E-state index in [0.717, 1.165) is 5.56 Å². The fourth-order valence-corrected chi connectivity index (χ4v) is 2.20. The van der Waals surface area contributed by atoms with Crippen LogP contribution in [-0.2, 0) is 16.1 Å². The minimum atomic E-state index is -1.18. The zero-order valence-corrected chi connectivity index (χ0v) is 15.5. The van der Waals surface area contributed by atoms with E-state index in [1.54, 1.807) is 37.3 Å². The van der Waals surface area contributed by atoms with E-state index in [1.807, 2.05) is 0 Å². The summed E-state index contributed by atoms with van der Waals surface area (Å²) in [4.78, 5) is 35.7. The summed E-state index contributed by atoms with van der Waals surface area (Å²) in [6.07, 6.45) is -1.18. The number of nitrogens with one attached hydrogen (secondary N) is 2. The summed E-state index contributed by atoms with van der Waals surface area (Å²) in [5, 5.41) is 4.48. The molecule has 2 N–H and O–H groups in total. The molecule has 0 aliphatic carbocycles. The van der Waals surface area contributed by atoms with Crippen LogP contribution in [0.5, 0.6) is 5.75 Å². The molecule has 3 amide bonds. The number of halogens is 1. The van der Waals surface area contributed by atoms with Gasteiger partial charge in [-0.3, -0.25) is 10.1 Å². The number of amides is 3. The molecule has 28 heavy (non-hydrogen) atoms. The van der Waals surface area contributed by atoms with Gasteiger partial charge in [0.2, 0.25) is 0 Å². The van der Waals surface area contributed by atoms with Crippen LogP contribution in [0.4, 0.5) is 9.18 Å². The molecule has 148 valence electrons. The van der Waals surface area contributed by atoms with Gasteiger partial charge in [0.1, 0.15) is 23.7 Å².